The molecule has 1 saturated heterocycles. The molecule has 1 aliphatic rings. The van der Waals surface area contributed by atoms with Gasteiger partial charge in [0.25, 0.3) is 5.91 Å². The van der Waals surface area contributed by atoms with E-state index in [0.717, 1.165) is 17.7 Å². The molecule has 0 aliphatic carbocycles. The Morgan fingerprint density at radius 3 is 2.64 bits per heavy atom. The highest BCUT2D eigenvalue weighted by molar-refractivity contribution is 5.81. The monoisotopic (exact) mass is 396 g/mol. The minimum absolute atomic E-state index is 0.195. The molecule has 0 bridgehead atoms. The lowest BCUT2D eigenvalue weighted by Crippen LogP contribution is -2.49. The highest BCUT2D eigenvalue weighted by atomic mass is 19.4. The highest BCUT2D eigenvalue weighted by Crippen LogP contribution is 2.32. The number of nitrogens with zero attached hydrogens (tertiary/aromatic N) is 1. The molecule has 0 radical (unpaired) electrons. The Bertz CT molecular complexity index is 812. The van der Waals surface area contributed by atoms with Gasteiger partial charge in [0.1, 0.15) is 11.9 Å². The summed E-state index contributed by atoms with van der Waals surface area (Å²) in [4.78, 5) is 14.4. The molecule has 1 fully saturated rings. The van der Waals surface area contributed by atoms with Gasteiger partial charge in [-0.1, -0.05) is 36.4 Å². The number of hydrogen-bond donors (Lipinski definition) is 1. The number of alkyl halides is 3. The number of morpholine rings is 1. The lowest BCUT2D eigenvalue weighted by Gasteiger charge is -2.32. The van der Waals surface area contributed by atoms with Crippen molar-refractivity contribution in [1.82, 2.24) is 10.2 Å². The number of rotatable bonds is 5. The SMILES string of the molecule is O=C(NCc1ccc(F)cc1C(F)(F)F)C1CN(Cc2ccccc2)CCO1. The first-order chi connectivity index (χ1) is 13.3. The predicted molar refractivity (Wildman–Crippen MR) is 94.7 cm³/mol. The van der Waals surface area contributed by atoms with Crippen molar-refractivity contribution in [3.05, 3.63) is 71.0 Å². The number of ether oxygens (including phenoxy) is 1. The van der Waals surface area contributed by atoms with Crippen LogP contribution in [0, 0.1) is 5.82 Å². The Kier molecular flexibility index (Phi) is 6.31. The molecule has 2 aromatic rings. The van der Waals surface area contributed by atoms with Crippen molar-refractivity contribution in [2.24, 2.45) is 0 Å². The van der Waals surface area contributed by atoms with Gasteiger partial charge in [0.2, 0.25) is 0 Å². The maximum absolute atomic E-state index is 13.2. The first-order valence-corrected chi connectivity index (χ1v) is 8.84. The van der Waals surface area contributed by atoms with Crippen LogP contribution in [0.4, 0.5) is 17.6 Å². The number of nitrogens with one attached hydrogen (secondary N) is 1. The third-order valence-electron chi connectivity index (χ3n) is 4.52. The van der Waals surface area contributed by atoms with E-state index in [9.17, 15) is 22.4 Å². The van der Waals surface area contributed by atoms with E-state index in [1.807, 2.05) is 30.3 Å². The Balaban J connectivity index is 1.59. The summed E-state index contributed by atoms with van der Waals surface area (Å²) in [6.45, 7) is 1.66. The fourth-order valence-corrected chi connectivity index (χ4v) is 3.11. The molecule has 1 unspecified atom stereocenters. The van der Waals surface area contributed by atoms with Gasteiger partial charge in [-0.3, -0.25) is 9.69 Å². The molecule has 1 atom stereocenters. The molecular weight excluding hydrogens is 376 g/mol. The summed E-state index contributed by atoms with van der Waals surface area (Å²) in [6, 6.07) is 12.2. The molecular formula is C20H20F4N2O2. The molecule has 3 rings (SSSR count). The summed E-state index contributed by atoms with van der Waals surface area (Å²) in [6.07, 6.45) is -5.47. The molecule has 0 spiro atoms. The second-order valence-corrected chi connectivity index (χ2v) is 6.60. The van der Waals surface area contributed by atoms with Gasteiger partial charge in [-0.2, -0.15) is 13.2 Å². The maximum atomic E-state index is 13.2. The molecule has 1 amide bonds. The van der Waals surface area contributed by atoms with Crippen molar-refractivity contribution < 1.29 is 27.1 Å². The lowest BCUT2D eigenvalue weighted by molar-refractivity contribution is -0.141. The predicted octanol–water partition coefficient (Wildman–Crippen LogP) is 3.36. The molecule has 1 aliphatic heterocycles. The topological polar surface area (TPSA) is 41.6 Å². The number of amides is 1. The Labute approximate surface area is 160 Å². The fraction of sp³-hybridized carbons (Fsp3) is 0.350. The van der Waals surface area contributed by atoms with Crippen LogP contribution in [0.25, 0.3) is 0 Å². The van der Waals surface area contributed by atoms with E-state index in [-0.39, 0.29) is 12.1 Å². The summed E-state index contributed by atoms with van der Waals surface area (Å²) in [5.74, 6) is -1.47. The highest BCUT2D eigenvalue weighted by Gasteiger charge is 2.34. The summed E-state index contributed by atoms with van der Waals surface area (Å²) < 4.78 is 57.8. The van der Waals surface area contributed by atoms with Crippen molar-refractivity contribution in [3.8, 4) is 0 Å². The molecule has 1 N–H and O–H groups in total. The average molecular weight is 396 g/mol. The van der Waals surface area contributed by atoms with Gasteiger partial charge < -0.3 is 10.1 Å². The van der Waals surface area contributed by atoms with Crippen LogP contribution in [0.3, 0.4) is 0 Å². The van der Waals surface area contributed by atoms with Crippen molar-refractivity contribution in [2.75, 3.05) is 19.7 Å². The molecule has 8 heteroatoms. The summed E-state index contributed by atoms with van der Waals surface area (Å²) in [7, 11) is 0. The zero-order valence-corrected chi connectivity index (χ0v) is 15.0. The van der Waals surface area contributed by atoms with Crippen LogP contribution >= 0.6 is 0 Å². The largest absolute Gasteiger partial charge is 0.416 e. The third-order valence-corrected chi connectivity index (χ3v) is 4.52. The molecule has 150 valence electrons. The number of halogens is 4. The normalized spacial score (nSPS) is 18.1. The van der Waals surface area contributed by atoms with Crippen molar-refractivity contribution in [1.29, 1.82) is 0 Å². The molecule has 0 aromatic heterocycles. The van der Waals surface area contributed by atoms with Crippen molar-refractivity contribution >= 4 is 5.91 Å². The van der Waals surface area contributed by atoms with Crippen LogP contribution in [0.15, 0.2) is 48.5 Å². The second kappa shape index (κ2) is 8.70. The molecule has 28 heavy (non-hydrogen) atoms. The van der Waals surface area contributed by atoms with E-state index in [0.29, 0.717) is 32.3 Å². The summed E-state index contributed by atoms with van der Waals surface area (Å²) in [5.41, 5.74) is -0.188. The van der Waals surface area contributed by atoms with Gasteiger partial charge in [0.05, 0.1) is 12.2 Å². The summed E-state index contributed by atoms with van der Waals surface area (Å²) >= 11 is 0. The van der Waals surface area contributed by atoms with Crippen LogP contribution in [-0.2, 0) is 28.8 Å². The van der Waals surface area contributed by atoms with E-state index in [1.165, 1.54) is 0 Å². The molecule has 0 saturated carbocycles. The van der Waals surface area contributed by atoms with E-state index in [1.54, 1.807) is 0 Å². The van der Waals surface area contributed by atoms with Gasteiger partial charge >= 0.3 is 6.18 Å². The summed E-state index contributed by atoms with van der Waals surface area (Å²) in [5, 5.41) is 2.47. The molecule has 2 aromatic carbocycles. The Morgan fingerprint density at radius 2 is 1.93 bits per heavy atom. The third kappa shape index (κ3) is 5.30. The van der Waals surface area contributed by atoms with Crippen LogP contribution < -0.4 is 5.32 Å². The van der Waals surface area contributed by atoms with E-state index < -0.39 is 29.6 Å². The number of carbonyl (C=O) groups is 1. The zero-order chi connectivity index (χ0) is 20.1. The van der Waals surface area contributed by atoms with E-state index in [4.69, 9.17) is 4.74 Å². The maximum Gasteiger partial charge on any atom is 0.416 e. The number of benzene rings is 2. The van der Waals surface area contributed by atoms with Crippen LogP contribution in [0.1, 0.15) is 16.7 Å². The van der Waals surface area contributed by atoms with Crippen LogP contribution in [-0.4, -0.2) is 36.6 Å². The number of carbonyl (C=O) groups excluding carboxylic acids is 1. The van der Waals surface area contributed by atoms with Crippen molar-refractivity contribution in [2.45, 2.75) is 25.4 Å². The zero-order valence-electron chi connectivity index (χ0n) is 15.0. The average Bonchev–Trinajstić information content (AvgIpc) is 2.67. The standard InChI is InChI=1S/C20H20F4N2O2/c21-16-7-6-15(17(10-16)20(22,23)24)11-25-19(27)18-13-26(8-9-28-18)12-14-4-2-1-3-5-14/h1-7,10,18H,8-9,11-13H2,(H,25,27). The smallest absolute Gasteiger partial charge is 0.366 e. The Hall–Kier alpha value is -2.45. The second-order valence-electron chi connectivity index (χ2n) is 6.60. The molecule has 4 nitrogen and oxygen atoms in total. The molecule has 1 heterocycles. The van der Waals surface area contributed by atoms with Crippen LogP contribution in [0.5, 0.6) is 0 Å². The minimum atomic E-state index is -4.70. The fourth-order valence-electron chi connectivity index (χ4n) is 3.11. The lowest BCUT2D eigenvalue weighted by atomic mass is 10.1. The van der Waals surface area contributed by atoms with E-state index >= 15 is 0 Å². The van der Waals surface area contributed by atoms with Crippen LogP contribution in [0.2, 0.25) is 0 Å². The van der Waals surface area contributed by atoms with Crippen molar-refractivity contribution in [3.63, 3.8) is 0 Å². The van der Waals surface area contributed by atoms with E-state index in [2.05, 4.69) is 10.2 Å². The van der Waals surface area contributed by atoms with Gasteiger partial charge in [-0.05, 0) is 23.3 Å². The van der Waals surface area contributed by atoms with Gasteiger partial charge in [-0.25, -0.2) is 4.39 Å². The van der Waals surface area contributed by atoms with Gasteiger partial charge in [0, 0.05) is 26.2 Å². The first kappa shape index (κ1) is 20.3. The van der Waals surface area contributed by atoms with Gasteiger partial charge in [0.15, 0.2) is 0 Å². The minimum Gasteiger partial charge on any atom is -0.366 e. The van der Waals surface area contributed by atoms with Gasteiger partial charge in [-0.15, -0.1) is 0 Å². The first-order valence-electron chi connectivity index (χ1n) is 8.84. The Morgan fingerprint density at radius 1 is 1.18 bits per heavy atom. The quantitative estimate of drug-likeness (QED) is 0.788. The number of hydrogen-bond acceptors (Lipinski definition) is 3.